The molecule has 1 aromatic carbocycles. The van der Waals surface area contributed by atoms with E-state index >= 15 is 0 Å². The molecule has 0 aliphatic rings. The predicted molar refractivity (Wildman–Crippen MR) is 58.6 cm³/mol. The fourth-order valence-electron chi connectivity index (χ4n) is 0.965. The molecule has 0 saturated heterocycles. The zero-order chi connectivity index (χ0) is 10.6. The molecule has 0 fully saturated rings. The van der Waals surface area contributed by atoms with Crippen LogP contribution in [0.3, 0.4) is 0 Å². The van der Waals surface area contributed by atoms with Crippen molar-refractivity contribution in [1.82, 2.24) is 5.32 Å². The van der Waals surface area contributed by atoms with Crippen LogP contribution in [0.15, 0.2) is 24.3 Å². The molecule has 0 spiro atoms. The summed E-state index contributed by atoms with van der Waals surface area (Å²) in [6, 6.07) is 7.37. The second kappa shape index (κ2) is 5.23. The topological polar surface area (TPSA) is 29.1 Å². The molecule has 0 saturated carbocycles. The summed E-state index contributed by atoms with van der Waals surface area (Å²) >= 11 is 11.5. The van der Waals surface area contributed by atoms with Gasteiger partial charge < -0.3 is 5.32 Å². The first-order valence-corrected chi connectivity index (χ1v) is 5.08. The molecule has 76 valence electrons. The van der Waals surface area contributed by atoms with Gasteiger partial charge in [-0.25, -0.2) is 0 Å². The maximum atomic E-state index is 11.1. The highest BCUT2D eigenvalue weighted by Gasteiger charge is 2.08. The number of amides is 1. The zero-order valence-corrected chi connectivity index (χ0v) is 9.27. The van der Waals surface area contributed by atoms with E-state index in [-0.39, 0.29) is 5.91 Å². The maximum absolute atomic E-state index is 11.1. The molecule has 0 aromatic heterocycles. The van der Waals surface area contributed by atoms with E-state index < -0.39 is 5.38 Å². The molecule has 0 heterocycles. The first-order chi connectivity index (χ1) is 6.61. The molecule has 0 aliphatic heterocycles. The van der Waals surface area contributed by atoms with Crippen molar-refractivity contribution >= 4 is 29.1 Å². The molecular formula is C10H11Cl2NO. The Bertz CT molecular complexity index is 326. The largest absolute Gasteiger partial charge is 0.351 e. The Morgan fingerprint density at radius 1 is 1.50 bits per heavy atom. The van der Waals surface area contributed by atoms with Crippen LogP contribution in [0.1, 0.15) is 12.5 Å². The maximum Gasteiger partial charge on any atom is 0.238 e. The number of nitrogens with one attached hydrogen (secondary N) is 1. The van der Waals surface area contributed by atoms with Crippen molar-refractivity contribution in [2.75, 3.05) is 0 Å². The van der Waals surface area contributed by atoms with E-state index in [0.29, 0.717) is 11.6 Å². The van der Waals surface area contributed by atoms with Gasteiger partial charge in [-0.1, -0.05) is 29.8 Å². The van der Waals surface area contributed by atoms with Gasteiger partial charge in [0.05, 0.1) is 0 Å². The summed E-state index contributed by atoms with van der Waals surface area (Å²) in [5.74, 6) is -0.188. The second-order valence-electron chi connectivity index (χ2n) is 2.93. The van der Waals surface area contributed by atoms with Gasteiger partial charge in [0.15, 0.2) is 0 Å². The first-order valence-electron chi connectivity index (χ1n) is 4.26. The van der Waals surface area contributed by atoms with E-state index in [4.69, 9.17) is 23.2 Å². The van der Waals surface area contributed by atoms with Crippen LogP contribution in [0.5, 0.6) is 0 Å². The molecule has 1 aromatic rings. The van der Waals surface area contributed by atoms with Crippen LogP contribution in [-0.2, 0) is 11.3 Å². The number of benzene rings is 1. The van der Waals surface area contributed by atoms with E-state index in [1.807, 2.05) is 18.2 Å². The predicted octanol–water partition coefficient (Wildman–Crippen LogP) is 2.58. The van der Waals surface area contributed by atoms with Gasteiger partial charge in [0, 0.05) is 11.6 Å². The summed E-state index contributed by atoms with van der Waals surface area (Å²) in [6.45, 7) is 2.04. The van der Waals surface area contributed by atoms with Crippen LogP contribution in [0.2, 0.25) is 5.02 Å². The summed E-state index contributed by atoms with van der Waals surface area (Å²) in [5.41, 5.74) is 0.889. The quantitative estimate of drug-likeness (QED) is 0.797. The zero-order valence-electron chi connectivity index (χ0n) is 7.76. The van der Waals surface area contributed by atoms with Gasteiger partial charge >= 0.3 is 0 Å². The third kappa shape index (κ3) is 3.20. The number of rotatable bonds is 3. The van der Waals surface area contributed by atoms with Gasteiger partial charge in [0.1, 0.15) is 5.38 Å². The molecule has 1 rings (SSSR count). The normalized spacial score (nSPS) is 12.2. The summed E-state index contributed by atoms with van der Waals surface area (Å²) < 4.78 is 0. The molecule has 4 heteroatoms. The van der Waals surface area contributed by atoms with E-state index in [9.17, 15) is 4.79 Å². The SMILES string of the molecule is CC(Cl)C(=O)NCc1ccccc1Cl. The van der Waals surface area contributed by atoms with Crippen molar-refractivity contribution < 1.29 is 4.79 Å². The minimum atomic E-state index is -0.516. The van der Waals surface area contributed by atoms with Crippen molar-refractivity contribution in [1.29, 1.82) is 0 Å². The fraction of sp³-hybridized carbons (Fsp3) is 0.300. The average Bonchev–Trinajstić information content (AvgIpc) is 2.16. The number of halogens is 2. The van der Waals surface area contributed by atoms with Crippen molar-refractivity contribution in [3.05, 3.63) is 34.9 Å². The summed E-state index contributed by atoms with van der Waals surface area (Å²) in [4.78, 5) is 11.1. The Balaban J connectivity index is 2.54. The monoisotopic (exact) mass is 231 g/mol. The molecule has 1 amide bonds. The van der Waals surface area contributed by atoms with Crippen LogP contribution in [-0.4, -0.2) is 11.3 Å². The second-order valence-corrected chi connectivity index (χ2v) is 3.99. The van der Waals surface area contributed by atoms with Gasteiger partial charge in [0.25, 0.3) is 0 Å². The highest BCUT2D eigenvalue weighted by atomic mass is 35.5. The molecular weight excluding hydrogens is 221 g/mol. The molecule has 1 atom stereocenters. The average molecular weight is 232 g/mol. The lowest BCUT2D eigenvalue weighted by Crippen LogP contribution is -2.29. The molecule has 1 unspecified atom stereocenters. The van der Waals surface area contributed by atoms with E-state index in [1.165, 1.54) is 0 Å². The van der Waals surface area contributed by atoms with Crippen molar-refractivity contribution in [3.8, 4) is 0 Å². The number of hydrogen-bond donors (Lipinski definition) is 1. The summed E-state index contributed by atoms with van der Waals surface area (Å²) in [7, 11) is 0. The Hall–Kier alpha value is -0.730. The van der Waals surface area contributed by atoms with E-state index in [1.54, 1.807) is 13.0 Å². The van der Waals surface area contributed by atoms with Crippen LogP contribution >= 0.6 is 23.2 Å². The molecule has 2 nitrogen and oxygen atoms in total. The lowest BCUT2D eigenvalue weighted by Gasteiger charge is -2.07. The Morgan fingerprint density at radius 3 is 2.71 bits per heavy atom. The van der Waals surface area contributed by atoms with Gasteiger partial charge in [-0.05, 0) is 18.6 Å². The number of hydrogen-bond acceptors (Lipinski definition) is 1. The van der Waals surface area contributed by atoms with E-state index in [2.05, 4.69) is 5.32 Å². The lowest BCUT2D eigenvalue weighted by molar-refractivity contribution is -0.120. The Labute approximate surface area is 93.2 Å². The van der Waals surface area contributed by atoms with Gasteiger partial charge in [-0.3, -0.25) is 4.79 Å². The third-order valence-corrected chi connectivity index (χ3v) is 2.34. The number of carbonyl (C=O) groups is 1. The Morgan fingerprint density at radius 2 is 2.14 bits per heavy atom. The molecule has 1 N–H and O–H groups in total. The lowest BCUT2D eigenvalue weighted by atomic mass is 10.2. The van der Waals surface area contributed by atoms with Gasteiger partial charge in [-0.2, -0.15) is 0 Å². The minimum Gasteiger partial charge on any atom is -0.351 e. The van der Waals surface area contributed by atoms with Gasteiger partial charge in [0.2, 0.25) is 5.91 Å². The van der Waals surface area contributed by atoms with Crippen LogP contribution in [0, 0.1) is 0 Å². The minimum absolute atomic E-state index is 0.188. The molecule has 0 radical (unpaired) electrons. The van der Waals surface area contributed by atoms with Gasteiger partial charge in [-0.15, -0.1) is 11.6 Å². The smallest absolute Gasteiger partial charge is 0.238 e. The fourth-order valence-corrected chi connectivity index (χ4v) is 1.24. The molecule has 14 heavy (non-hydrogen) atoms. The summed E-state index contributed by atoms with van der Waals surface area (Å²) in [6.07, 6.45) is 0. The van der Waals surface area contributed by atoms with Crippen molar-refractivity contribution in [2.24, 2.45) is 0 Å². The van der Waals surface area contributed by atoms with Crippen molar-refractivity contribution in [2.45, 2.75) is 18.8 Å². The highest BCUT2D eigenvalue weighted by Crippen LogP contribution is 2.14. The summed E-state index contributed by atoms with van der Waals surface area (Å²) in [5, 5.41) is 2.82. The highest BCUT2D eigenvalue weighted by molar-refractivity contribution is 6.31. The molecule has 0 aliphatic carbocycles. The molecule has 0 bridgehead atoms. The first kappa shape index (κ1) is 11.3. The van der Waals surface area contributed by atoms with Crippen LogP contribution < -0.4 is 5.32 Å². The Kier molecular flexibility index (Phi) is 4.23. The van der Waals surface area contributed by atoms with Crippen LogP contribution in [0.25, 0.3) is 0 Å². The number of carbonyl (C=O) groups excluding carboxylic acids is 1. The number of alkyl halides is 1. The third-order valence-electron chi connectivity index (χ3n) is 1.77. The van der Waals surface area contributed by atoms with Crippen molar-refractivity contribution in [3.63, 3.8) is 0 Å². The van der Waals surface area contributed by atoms with E-state index in [0.717, 1.165) is 5.56 Å². The standard InChI is InChI=1S/C10H11Cl2NO/c1-7(11)10(14)13-6-8-4-2-3-5-9(8)12/h2-5,7H,6H2,1H3,(H,13,14). The van der Waals surface area contributed by atoms with Crippen LogP contribution in [0.4, 0.5) is 0 Å².